The Balaban J connectivity index is 3.91. The Morgan fingerprint density at radius 3 is 2.08 bits per heavy atom. The van der Waals surface area contributed by atoms with E-state index in [0.717, 1.165) is 6.42 Å². The minimum absolute atomic E-state index is 0.0930. The van der Waals surface area contributed by atoms with E-state index in [1.54, 1.807) is 0 Å². The molecule has 0 spiro atoms. The smallest absolute Gasteiger partial charge is 0.150 e. The summed E-state index contributed by atoms with van der Waals surface area (Å²) in [4.78, 5) is 0. The lowest BCUT2D eigenvalue weighted by atomic mass is 9.94. The van der Waals surface area contributed by atoms with E-state index in [1.165, 1.54) is 0 Å². The van der Waals surface area contributed by atoms with Crippen molar-refractivity contribution in [2.45, 2.75) is 33.6 Å². The summed E-state index contributed by atoms with van der Waals surface area (Å²) in [7, 11) is -2.86. The van der Waals surface area contributed by atoms with Crippen molar-refractivity contribution in [3.05, 3.63) is 0 Å². The van der Waals surface area contributed by atoms with Crippen LogP contribution in [0.3, 0.4) is 0 Å². The van der Waals surface area contributed by atoms with Crippen molar-refractivity contribution in [3.63, 3.8) is 0 Å². The Hall–Kier alpha value is -0.0900. The lowest BCUT2D eigenvalue weighted by molar-refractivity contribution is 0.397. The van der Waals surface area contributed by atoms with Gasteiger partial charge in [-0.2, -0.15) is 0 Å². The Morgan fingerprint density at radius 1 is 1.15 bits per heavy atom. The second-order valence-electron chi connectivity index (χ2n) is 4.60. The second-order valence-corrected chi connectivity index (χ2v) is 6.91. The molecular formula is C9H21NO2S. The molecule has 0 unspecified atom stereocenters. The van der Waals surface area contributed by atoms with Crippen LogP contribution < -0.4 is 5.73 Å². The number of hydrogen-bond donors (Lipinski definition) is 1. The standard InChI is InChI=1S/C9H21NO2S/c1-9(2,3)5-8-13(11,12)7-4-6-10/h4-8,10H2,1-3H3. The van der Waals surface area contributed by atoms with Crippen LogP contribution in [0.15, 0.2) is 0 Å². The molecule has 80 valence electrons. The summed E-state index contributed by atoms with van der Waals surface area (Å²) < 4.78 is 22.8. The van der Waals surface area contributed by atoms with Gasteiger partial charge in [0.15, 0.2) is 0 Å². The highest BCUT2D eigenvalue weighted by Gasteiger charge is 2.16. The summed E-state index contributed by atoms with van der Waals surface area (Å²) in [6.07, 6.45) is 1.30. The van der Waals surface area contributed by atoms with Gasteiger partial charge in [0.1, 0.15) is 9.84 Å². The average Bonchev–Trinajstić information content (AvgIpc) is 1.97. The van der Waals surface area contributed by atoms with Crippen molar-refractivity contribution in [1.82, 2.24) is 0 Å². The Kier molecular flexibility index (Phi) is 4.92. The largest absolute Gasteiger partial charge is 0.330 e. The predicted molar refractivity (Wildman–Crippen MR) is 56.4 cm³/mol. The van der Waals surface area contributed by atoms with Crippen LogP contribution in [0, 0.1) is 5.41 Å². The third-order valence-electron chi connectivity index (χ3n) is 1.82. The highest BCUT2D eigenvalue weighted by molar-refractivity contribution is 7.91. The topological polar surface area (TPSA) is 60.2 Å². The minimum Gasteiger partial charge on any atom is -0.330 e. The minimum atomic E-state index is -2.86. The van der Waals surface area contributed by atoms with Crippen LogP contribution >= 0.6 is 0 Å². The van der Waals surface area contributed by atoms with Crippen LogP contribution in [-0.4, -0.2) is 26.5 Å². The first-order valence-corrected chi connectivity index (χ1v) is 6.49. The first kappa shape index (κ1) is 12.9. The van der Waals surface area contributed by atoms with Crippen molar-refractivity contribution < 1.29 is 8.42 Å². The molecule has 0 fully saturated rings. The summed E-state index contributed by atoms with van der Waals surface area (Å²) >= 11 is 0. The fraction of sp³-hybridized carbons (Fsp3) is 1.00. The van der Waals surface area contributed by atoms with Gasteiger partial charge >= 0.3 is 0 Å². The molecular weight excluding hydrogens is 186 g/mol. The number of sulfone groups is 1. The van der Waals surface area contributed by atoms with Crippen molar-refractivity contribution in [1.29, 1.82) is 0 Å². The highest BCUT2D eigenvalue weighted by atomic mass is 32.2. The van der Waals surface area contributed by atoms with E-state index < -0.39 is 9.84 Å². The van der Waals surface area contributed by atoms with Gasteiger partial charge in [0.05, 0.1) is 11.5 Å². The Labute approximate surface area is 81.6 Å². The maximum Gasteiger partial charge on any atom is 0.150 e. The monoisotopic (exact) mass is 207 g/mol. The zero-order valence-electron chi connectivity index (χ0n) is 8.84. The van der Waals surface area contributed by atoms with E-state index in [-0.39, 0.29) is 16.9 Å². The van der Waals surface area contributed by atoms with Gasteiger partial charge in [-0.1, -0.05) is 20.8 Å². The van der Waals surface area contributed by atoms with Crippen molar-refractivity contribution in [2.24, 2.45) is 11.1 Å². The van der Waals surface area contributed by atoms with E-state index >= 15 is 0 Å². The molecule has 0 aromatic heterocycles. The molecule has 0 amide bonds. The first-order valence-electron chi connectivity index (χ1n) is 4.67. The Bertz CT molecular complexity index is 226. The predicted octanol–water partition coefficient (Wildman–Crippen LogP) is 1.19. The van der Waals surface area contributed by atoms with Crippen LogP contribution in [0.25, 0.3) is 0 Å². The van der Waals surface area contributed by atoms with Gasteiger partial charge in [0.2, 0.25) is 0 Å². The summed E-state index contributed by atoms with van der Waals surface area (Å²) in [5, 5.41) is 0. The molecule has 2 N–H and O–H groups in total. The average molecular weight is 207 g/mol. The van der Waals surface area contributed by atoms with Crippen LogP contribution in [-0.2, 0) is 9.84 Å². The maximum atomic E-state index is 11.4. The zero-order valence-corrected chi connectivity index (χ0v) is 9.65. The number of hydrogen-bond acceptors (Lipinski definition) is 3. The zero-order chi connectivity index (χ0) is 10.5. The van der Waals surface area contributed by atoms with E-state index in [2.05, 4.69) is 0 Å². The van der Waals surface area contributed by atoms with Crippen LogP contribution in [0.1, 0.15) is 33.6 Å². The van der Waals surface area contributed by atoms with Gasteiger partial charge in [0, 0.05) is 0 Å². The molecule has 4 heteroatoms. The highest BCUT2D eigenvalue weighted by Crippen LogP contribution is 2.19. The molecule has 3 nitrogen and oxygen atoms in total. The van der Waals surface area contributed by atoms with E-state index in [9.17, 15) is 8.42 Å². The quantitative estimate of drug-likeness (QED) is 0.736. The van der Waals surface area contributed by atoms with E-state index in [1.807, 2.05) is 20.8 Å². The summed E-state index contributed by atoms with van der Waals surface area (Å²) in [5.74, 6) is 0.524. The van der Waals surface area contributed by atoms with Crippen molar-refractivity contribution in [2.75, 3.05) is 18.1 Å². The molecule has 0 rings (SSSR count). The van der Waals surface area contributed by atoms with Crippen LogP contribution in [0.4, 0.5) is 0 Å². The maximum absolute atomic E-state index is 11.4. The molecule has 0 aliphatic rings. The molecule has 0 aliphatic heterocycles. The van der Waals surface area contributed by atoms with Crippen LogP contribution in [0.5, 0.6) is 0 Å². The molecule has 0 aromatic rings. The molecule has 0 atom stereocenters. The Morgan fingerprint density at radius 2 is 1.69 bits per heavy atom. The molecule has 0 saturated carbocycles. The number of nitrogens with two attached hydrogens (primary N) is 1. The molecule has 0 aliphatic carbocycles. The van der Waals surface area contributed by atoms with Gasteiger partial charge in [-0.3, -0.25) is 0 Å². The molecule has 0 aromatic carbocycles. The lowest BCUT2D eigenvalue weighted by Crippen LogP contribution is -2.18. The summed E-state index contributed by atoms with van der Waals surface area (Å²) in [6.45, 7) is 6.59. The molecule has 0 heterocycles. The van der Waals surface area contributed by atoms with Crippen LogP contribution in [0.2, 0.25) is 0 Å². The summed E-state index contributed by atoms with van der Waals surface area (Å²) in [5.41, 5.74) is 5.35. The van der Waals surface area contributed by atoms with E-state index in [4.69, 9.17) is 5.73 Å². The number of rotatable bonds is 5. The normalized spacial score (nSPS) is 13.2. The SMILES string of the molecule is CC(C)(C)CCS(=O)(=O)CCCN. The molecule has 13 heavy (non-hydrogen) atoms. The molecule has 0 bridgehead atoms. The fourth-order valence-electron chi connectivity index (χ4n) is 0.867. The first-order chi connectivity index (χ1) is 5.77. The lowest BCUT2D eigenvalue weighted by Gasteiger charge is -2.17. The van der Waals surface area contributed by atoms with Gasteiger partial charge in [-0.25, -0.2) is 8.42 Å². The molecule has 0 saturated heterocycles. The second kappa shape index (κ2) is 4.96. The van der Waals surface area contributed by atoms with Gasteiger partial charge in [-0.15, -0.1) is 0 Å². The van der Waals surface area contributed by atoms with Gasteiger partial charge < -0.3 is 5.73 Å². The third kappa shape index (κ3) is 8.25. The van der Waals surface area contributed by atoms with Crippen molar-refractivity contribution in [3.8, 4) is 0 Å². The van der Waals surface area contributed by atoms with E-state index in [0.29, 0.717) is 13.0 Å². The fourth-order valence-corrected chi connectivity index (χ4v) is 2.60. The van der Waals surface area contributed by atoms with Gasteiger partial charge in [-0.05, 0) is 24.8 Å². The van der Waals surface area contributed by atoms with Crippen molar-refractivity contribution >= 4 is 9.84 Å². The molecule has 0 radical (unpaired) electrons. The third-order valence-corrected chi connectivity index (χ3v) is 3.56. The summed E-state index contributed by atoms with van der Waals surface area (Å²) in [6, 6.07) is 0. The van der Waals surface area contributed by atoms with Gasteiger partial charge in [0.25, 0.3) is 0 Å².